The van der Waals surface area contributed by atoms with Crippen molar-refractivity contribution in [1.29, 1.82) is 0 Å². The molecule has 2 aromatic rings. The van der Waals surface area contributed by atoms with E-state index in [1.54, 1.807) is 12.1 Å². The van der Waals surface area contributed by atoms with Crippen molar-refractivity contribution >= 4 is 59.4 Å². The minimum atomic E-state index is -0.247. The lowest BCUT2D eigenvalue weighted by Crippen LogP contribution is -2.12. The molecule has 0 aliphatic carbocycles. The molecule has 0 spiro atoms. The lowest BCUT2D eigenvalue weighted by Gasteiger charge is -2.10. The minimum absolute atomic E-state index is 0.127. The van der Waals surface area contributed by atoms with Crippen molar-refractivity contribution in [2.24, 2.45) is 0 Å². The lowest BCUT2D eigenvalue weighted by atomic mass is 10.2. The number of benzene rings is 2. The molecule has 0 radical (unpaired) electrons. The highest BCUT2D eigenvalue weighted by Crippen LogP contribution is 2.34. The van der Waals surface area contributed by atoms with E-state index in [1.807, 2.05) is 12.1 Å². The average molecular weight is 450 g/mol. The van der Waals surface area contributed by atoms with Gasteiger partial charge in [0.25, 0.3) is 5.91 Å². The first-order chi connectivity index (χ1) is 8.97. The van der Waals surface area contributed by atoms with Crippen molar-refractivity contribution in [3.63, 3.8) is 0 Å². The molecule has 0 aliphatic rings. The zero-order valence-electron chi connectivity index (χ0n) is 9.45. The second-order valence-corrected chi connectivity index (χ2v) is 6.37. The molecule has 0 aromatic heterocycles. The fourth-order valence-corrected chi connectivity index (χ4v) is 3.92. The highest BCUT2D eigenvalue weighted by atomic mass is 79.9. The third-order valence-electron chi connectivity index (χ3n) is 2.37. The van der Waals surface area contributed by atoms with E-state index in [0.717, 1.165) is 13.4 Å². The third-order valence-corrected chi connectivity index (χ3v) is 4.08. The van der Waals surface area contributed by atoms with Crippen LogP contribution in [0.25, 0.3) is 0 Å². The van der Waals surface area contributed by atoms with Crippen molar-refractivity contribution in [1.82, 2.24) is 0 Å². The summed E-state index contributed by atoms with van der Waals surface area (Å²) >= 11 is 10.2. The second-order valence-electron chi connectivity index (χ2n) is 3.75. The first-order valence-corrected chi connectivity index (χ1v) is 7.60. The second kappa shape index (κ2) is 6.07. The summed E-state index contributed by atoms with van der Waals surface area (Å²) in [6, 6.07) is 9.76. The van der Waals surface area contributed by atoms with Crippen molar-refractivity contribution in [3.05, 3.63) is 55.4 Å². The van der Waals surface area contributed by atoms with Gasteiger partial charge in [-0.25, -0.2) is 0 Å². The molecule has 6 heteroatoms. The Kier molecular flexibility index (Phi) is 4.65. The van der Waals surface area contributed by atoms with Gasteiger partial charge >= 0.3 is 0 Å². The highest BCUT2D eigenvalue weighted by Gasteiger charge is 2.12. The van der Waals surface area contributed by atoms with E-state index in [9.17, 15) is 9.90 Å². The van der Waals surface area contributed by atoms with Crippen LogP contribution in [0.15, 0.2) is 49.8 Å². The molecule has 19 heavy (non-hydrogen) atoms. The van der Waals surface area contributed by atoms with Crippen LogP contribution in [0.5, 0.6) is 5.75 Å². The number of phenols is 1. The topological polar surface area (TPSA) is 49.3 Å². The van der Waals surface area contributed by atoms with Gasteiger partial charge in [0, 0.05) is 19.0 Å². The first kappa shape index (κ1) is 14.6. The number of nitrogens with one attached hydrogen (secondary N) is 1. The lowest BCUT2D eigenvalue weighted by molar-refractivity contribution is 0.102. The summed E-state index contributed by atoms with van der Waals surface area (Å²) in [5.41, 5.74) is 1.13. The molecular formula is C13H8Br3NO2. The Balaban J connectivity index is 2.26. The maximum atomic E-state index is 12.1. The van der Waals surface area contributed by atoms with Crippen LogP contribution in [0, 0.1) is 0 Å². The standard InChI is InChI=1S/C13H8Br3NO2/c14-8-5-10(15)12(11(16)6-8)17-13(19)7-1-3-9(18)4-2-7/h1-6,18H,(H,17,19). The van der Waals surface area contributed by atoms with Crippen molar-refractivity contribution in [2.75, 3.05) is 5.32 Å². The minimum Gasteiger partial charge on any atom is -0.508 e. The molecule has 0 bridgehead atoms. The zero-order chi connectivity index (χ0) is 14.0. The average Bonchev–Trinajstić information content (AvgIpc) is 2.34. The van der Waals surface area contributed by atoms with E-state index >= 15 is 0 Å². The molecule has 0 saturated carbocycles. The smallest absolute Gasteiger partial charge is 0.255 e. The van der Waals surface area contributed by atoms with Gasteiger partial charge in [0.05, 0.1) is 5.69 Å². The number of carbonyl (C=O) groups is 1. The fourth-order valence-electron chi connectivity index (χ4n) is 1.46. The maximum absolute atomic E-state index is 12.1. The molecule has 98 valence electrons. The predicted octanol–water partition coefficient (Wildman–Crippen LogP) is 4.93. The molecule has 0 atom stereocenters. The Hall–Kier alpha value is -0.850. The number of anilines is 1. The number of hydrogen-bond donors (Lipinski definition) is 2. The molecule has 2 aromatic carbocycles. The molecule has 0 heterocycles. The van der Waals surface area contributed by atoms with Crippen LogP contribution >= 0.6 is 47.8 Å². The van der Waals surface area contributed by atoms with Gasteiger partial charge in [-0.05, 0) is 68.3 Å². The summed E-state index contributed by atoms with van der Waals surface area (Å²) in [7, 11) is 0. The number of halogens is 3. The van der Waals surface area contributed by atoms with Gasteiger partial charge in [-0.1, -0.05) is 15.9 Å². The van der Waals surface area contributed by atoms with Gasteiger partial charge in [0.1, 0.15) is 5.75 Å². The highest BCUT2D eigenvalue weighted by molar-refractivity contribution is 9.11. The Morgan fingerprint density at radius 1 is 1.00 bits per heavy atom. The molecule has 0 aliphatic heterocycles. The maximum Gasteiger partial charge on any atom is 0.255 e. The number of amides is 1. The summed E-state index contributed by atoms with van der Waals surface area (Å²) < 4.78 is 2.43. The summed E-state index contributed by atoms with van der Waals surface area (Å²) in [5, 5.41) is 12.0. The first-order valence-electron chi connectivity index (χ1n) is 5.22. The van der Waals surface area contributed by atoms with Gasteiger partial charge in [-0.15, -0.1) is 0 Å². The van der Waals surface area contributed by atoms with E-state index in [2.05, 4.69) is 53.1 Å². The van der Waals surface area contributed by atoms with E-state index in [1.165, 1.54) is 12.1 Å². The molecule has 0 fully saturated rings. The SMILES string of the molecule is O=C(Nc1c(Br)cc(Br)cc1Br)c1ccc(O)cc1. The summed E-state index contributed by atoms with van der Waals surface area (Å²) in [6.07, 6.45) is 0. The number of hydrogen-bond acceptors (Lipinski definition) is 2. The van der Waals surface area contributed by atoms with Gasteiger partial charge in [0.15, 0.2) is 0 Å². The van der Waals surface area contributed by atoms with Crippen LogP contribution in [-0.2, 0) is 0 Å². The quantitative estimate of drug-likeness (QED) is 0.682. The Labute approximate surface area is 135 Å². The number of rotatable bonds is 2. The van der Waals surface area contributed by atoms with Crippen LogP contribution < -0.4 is 5.32 Å². The zero-order valence-corrected chi connectivity index (χ0v) is 14.2. The summed E-state index contributed by atoms with van der Waals surface area (Å²) in [4.78, 5) is 12.1. The van der Waals surface area contributed by atoms with Crippen LogP contribution in [0.4, 0.5) is 5.69 Å². The molecular weight excluding hydrogens is 442 g/mol. The molecule has 0 unspecified atom stereocenters. The van der Waals surface area contributed by atoms with Gasteiger partial charge < -0.3 is 10.4 Å². The van der Waals surface area contributed by atoms with Crippen LogP contribution in [0.1, 0.15) is 10.4 Å². The number of carbonyl (C=O) groups excluding carboxylic acids is 1. The fraction of sp³-hybridized carbons (Fsp3) is 0. The Morgan fingerprint density at radius 2 is 1.53 bits per heavy atom. The normalized spacial score (nSPS) is 10.3. The van der Waals surface area contributed by atoms with Crippen molar-refractivity contribution in [3.8, 4) is 5.75 Å². The van der Waals surface area contributed by atoms with Gasteiger partial charge in [-0.2, -0.15) is 0 Å². The van der Waals surface area contributed by atoms with Crippen LogP contribution in [0.3, 0.4) is 0 Å². The molecule has 2 N–H and O–H groups in total. The largest absolute Gasteiger partial charge is 0.508 e. The van der Waals surface area contributed by atoms with E-state index in [4.69, 9.17) is 0 Å². The summed E-state index contributed by atoms with van der Waals surface area (Å²) in [6.45, 7) is 0. The summed E-state index contributed by atoms with van der Waals surface area (Å²) in [5.74, 6) is -0.119. The van der Waals surface area contributed by atoms with E-state index in [-0.39, 0.29) is 11.7 Å². The van der Waals surface area contributed by atoms with Crippen molar-refractivity contribution < 1.29 is 9.90 Å². The molecule has 1 amide bonds. The number of phenolic OH excluding ortho intramolecular Hbond substituents is 1. The van der Waals surface area contributed by atoms with Gasteiger partial charge in [-0.3, -0.25) is 4.79 Å². The number of aromatic hydroxyl groups is 1. The van der Waals surface area contributed by atoms with Gasteiger partial charge in [0.2, 0.25) is 0 Å². The van der Waals surface area contributed by atoms with Crippen molar-refractivity contribution in [2.45, 2.75) is 0 Å². The van der Waals surface area contributed by atoms with E-state index < -0.39 is 0 Å². The predicted molar refractivity (Wildman–Crippen MR) is 85.6 cm³/mol. The Morgan fingerprint density at radius 3 is 2.05 bits per heavy atom. The van der Waals surface area contributed by atoms with Crippen LogP contribution in [0.2, 0.25) is 0 Å². The molecule has 0 saturated heterocycles. The van der Waals surface area contributed by atoms with E-state index in [0.29, 0.717) is 11.3 Å². The third kappa shape index (κ3) is 3.58. The Bertz CT molecular complexity index is 603. The molecule has 3 nitrogen and oxygen atoms in total. The molecule has 2 rings (SSSR count). The van der Waals surface area contributed by atoms with Crippen LogP contribution in [-0.4, -0.2) is 11.0 Å². The monoisotopic (exact) mass is 447 g/mol.